The highest BCUT2D eigenvalue weighted by atomic mass is 16.3. The molecule has 0 spiro atoms. The lowest BCUT2D eigenvalue weighted by molar-refractivity contribution is 0.174. The van der Waals surface area contributed by atoms with Crippen LogP contribution in [0.2, 0.25) is 0 Å². The zero-order valence-electron chi connectivity index (χ0n) is 12.3. The molecule has 1 aromatic carbocycles. The van der Waals surface area contributed by atoms with E-state index >= 15 is 0 Å². The summed E-state index contributed by atoms with van der Waals surface area (Å²) in [5, 5.41) is 12.7. The number of nitrogens with zero attached hydrogens (tertiary/aromatic N) is 2. The second-order valence-corrected chi connectivity index (χ2v) is 5.76. The van der Waals surface area contributed by atoms with E-state index in [1.54, 1.807) is 4.90 Å². The molecule has 0 aliphatic carbocycles. The van der Waals surface area contributed by atoms with Crippen LogP contribution in [0.4, 0.5) is 10.5 Å². The van der Waals surface area contributed by atoms with Crippen molar-refractivity contribution in [2.24, 2.45) is 0 Å². The Morgan fingerprint density at radius 1 is 1.50 bits per heavy atom. The Hall–Kier alpha value is -1.59. The molecule has 1 saturated heterocycles. The van der Waals surface area contributed by atoms with Crippen molar-refractivity contribution in [2.45, 2.75) is 25.5 Å². The lowest BCUT2D eigenvalue weighted by atomic mass is 10.2. The zero-order chi connectivity index (χ0) is 14.7. The second kappa shape index (κ2) is 6.24. The summed E-state index contributed by atoms with van der Waals surface area (Å²) in [5.74, 6) is 0. The number of likely N-dealkylation sites (tertiary alicyclic amines) is 1. The van der Waals surface area contributed by atoms with Crippen molar-refractivity contribution in [2.75, 3.05) is 32.5 Å². The molecule has 2 unspecified atom stereocenters. The molecule has 5 nitrogen and oxygen atoms in total. The van der Waals surface area contributed by atoms with Gasteiger partial charge in [0.25, 0.3) is 0 Å². The Morgan fingerprint density at radius 3 is 2.90 bits per heavy atom. The molecular formula is C15H23N3O2. The molecule has 1 aliphatic heterocycles. The molecule has 1 fully saturated rings. The zero-order valence-corrected chi connectivity index (χ0v) is 12.3. The number of aliphatic hydroxyl groups is 1. The molecule has 1 aromatic rings. The number of urea groups is 1. The van der Waals surface area contributed by atoms with Crippen molar-refractivity contribution in [3.8, 4) is 0 Å². The number of carbonyl (C=O) groups excluding carboxylic acids is 1. The van der Waals surface area contributed by atoms with E-state index in [0.29, 0.717) is 13.0 Å². The molecule has 20 heavy (non-hydrogen) atoms. The first-order valence-electron chi connectivity index (χ1n) is 6.93. The van der Waals surface area contributed by atoms with Crippen LogP contribution in [-0.4, -0.2) is 60.3 Å². The predicted molar refractivity (Wildman–Crippen MR) is 79.9 cm³/mol. The molecule has 2 N–H and O–H groups in total. The first-order chi connectivity index (χ1) is 9.45. The van der Waals surface area contributed by atoms with Crippen LogP contribution in [0.5, 0.6) is 0 Å². The minimum atomic E-state index is -0.428. The third kappa shape index (κ3) is 3.71. The van der Waals surface area contributed by atoms with E-state index in [1.165, 1.54) is 0 Å². The standard InChI is InChI=1S/C15H23N3O2/c1-11-5-4-6-12(7-11)16-15(20)18-10-14(19)8-13(18)9-17(2)3/h4-7,13-14,19H,8-10H2,1-3H3,(H,16,20). The van der Waals surface area contributed by atoms with Crippen LogP contribution in [-0.2, 0) is 0 Å². The van der Waals surface area contributed by atoms with Crippen LogP contribution in [0.15, 0.2) is 24.3 Å². The number of rotatable bonds is 3. The average molecular weight is 277 g/mol. The Bertz CT molecular complexity index is 476. The van der Waals surface area contributed by atoms with Gasteiger partial charge in [-0.05, 0) is 45.1 Å². The van der Waals surface area contributed by atoms with Gasteiger partial charge in [0.2, 0.25) is 0 Å². The number of aryl methyl sites for hydroxylation is 1. The summed E-state index contributed by atoms with van der Waals surface area (Å²) in [6.07, 6.45) is 0.211. The summed E-state index contributed by atoms with van der Waals surface area (Å²) < 4.78 is 0. The Labute approximate surface area is 120 Å². The van der Waals surface area contributed by atoms with Crippen molar-refractivity contribution in [3.05, 3.63) is 29.8 Å². The van der Waals surface area contributed by atoms with E-state index < -0.39 is 6.10 Å². The molecule has 0 bridgehead atoms. The molecule has 2 rings (SSSR count). The first-order valence-corrected chi connectivity index (χ1v) is 6.93. The minimum Gasteiger partial charge on any atom is -0.391 e. The lowest BCUT2D eigenvalue weighted by Crippen LogP contribution is -2.43. The molecule has 110 valence electrons. The van der Waals surface area contributed by atoms with Crippen molar-refractivity contribution in [1.29, 1.82) is 0 Å². The van der Waals surface area contributed by atoms with Gasteiger partial charge in [0.15, 0.2) is 0 Å². The molecule has 5 heteroatoms. The van der Waals surface area contributed by atoms with Crippen LogP contribution >= 0.6 is 0 Å². The van der Waals surface area contributed by atoms with Crippen LogP contribution < -0.4 is 5.32 Å². The molecule has 2 amide bonds. The minimum absolute atomic E-state index is 0.0600. The van der Waals surface area contributed by atoms with Gasteiger partial charge in [0.1, 0.15) is 0 Å². The largest absolute Gasteiger partial charge is 0.391 e. The molecule has 0 radical (unpaired) electrons. The number of β-amino-alcohol motifs (C(OH)–C–C–N with tert-alkyl or cyclic N) is 1. The van der Waals surface area contributed by atoms with Gasteiger partial charge in [-0.25, -0.2) is 4.79 Å². The maximum atomic E-state index is 12.3. The topological polar surface area (TPSA) is 55.8 Å². The Kier molecular flexibility index (Phi) is 4.62. The predicted octanol–water partition coefficient (Wildman–Crippen LogP) is 1.52. The van der Waals surface area contributed by atoms with Gasteiger partial charge in [-0.3, -0.25) is 0 Å². The van der Waals surface area contributed by atoms with E-state index in [2.05, 4.69) is 5.32 Å². The normalized spacial score (nSPS) is 22.4. The third-order valence-electron chi connectivity index (χ3n) is 3.50. The Balaban J connectivity index is 2.03. The van der Waals surface area contributed by atoms with Crippen molar-refractivity contribution >= 4 is 11.7 Å². The van der Waals surface area contributed by atoms with Crippen LogP contribution in [0.1, 0.15) is 12.0 Å². The number of anilines is 1. The fourth-order valence-electron chi connectivity index (χ4n) is 2.65. The number of carbonyl (C=O) groups is 1. The van der Waals surface area contributed by atoms with E-state index in [0.717, 1.165) is 17.8 Å². The van der Waals surface area contributed by atoms with E-state index in [9.17, 15) is 9.90 Å². The van der Waals surface area contributed by atoms with Gasteiger partial charge < -0.3 is 20.2 Å². The van der Waals surface area contributed by atoms with Crippen LogP contribution in [0, 0.1) is 6.92 Å². The van der Waals surface area contributed by atoms with Gasteiger partial charge in [-0.2, -0.15) is 0 Å². The van der Waals surface area contributed by atoms with Crippen molar-refractivity contribution in [3.63, 3.8) is 0 Å². The summed E-state index contributed by atoms with van der Waals surface area (Å²) in [7, 11) is 3.95. The van der Waals surface area contributed by atoms with E-state index in [-0.39, 0.29) is 12.1 Å². The van der Waals surface area contributed by atoms with E-state index in [4.69, 9.17) is 0 Å². The van der Waals surface area contributed by atoms with Crippen LogP contribution in [0.3, 0.4) is 0 Å². The second-order valence-electron chi connectivity index (χ2n) is 5.76. The highest BCUT2D eigenvalue weighted by Crippen LogP contribution is 2.20. The fraction of sp³-hybridized carbons (Fsp3) is 0.533. The summed E-state index contributed by atoms with van der Waals surface area (Å²) in [4.78, 5) is 16.1. The average Bonchev–Trinajstić information content (AvgIpc) is 2.69. The number of amides is 2. The Morgan fingerprint density at radius 2 is 2.25 bits per heavy atom. The smallest absolute Gasteiger partial charge is 0.322 e. The maximum Gasteiger partial charge on any atom is 0.322 e. The molecule has 0 saturated carbocycles. The highest BCUT2D eigenvalue weighted by Gasteiger charge is 2.34. The summed E-state index contributed by atoms with van der Waals surface area (Å²) in [6, 6.07) is 7.64. The monoisotopic (exact) mass is 277 g/mol. The van der Waals surface area contributed by atoms with Gasteiger partial charge in [-0.15, -0.1) is 0 Å². The highest BCUT2D eigenvalue weighted by molar-refractivity contribution is 5.89. The number of nitrogens with one attached hydrogen (secondary N) is 1. The molecule has 1 aliphatic rings. The maximum absolute atomic E-state index is 12.3. The number of likely N-dealkylation sites (N-methyl/N-ethyl adjacent to an activating group) is 1. The number of aliphatic hydroxyl groups excluding tert-OH is 1. The van der Waals surface area contributed by atoms with Crippen molar-refractivity contribution in [1.82, 2.24) is 9.80 Å². The fourth-order valence-corrected chi connectivity index (χ4v) is 2.65. The number of benzene rings is 1. The number of hydrogen-bond acceptors (Lipinski definition) is 3. The molecule has 1 heterocycles. The molecule has 0 aromatic heterocycles. The molecule has 2 atom stereocenters. The third-order valence-corrected chi connectivity index (χ3v) is 3.50. The van der Waals surface area contributed by atoms with Crippen molar-refractivity contribution < 1.29 is 9.90 Å². The van der Waals surface area contributed by atoms with Gasteiger partial charge in [-0.1, -0.05) is 12.1 Å². The summed E-state index contributed by atoms with van der Waals surface area (Å²) in [5.41, 5.74) is 1.90. The van der Waals surface area contributed by atoms with Gasteiger partial charge in [0, 0.05) is 24.8 Å². The quantitative estimate of drug-likeness (QED) is 0.881. The van der Waals surface area contributed by atoms with Gasteiger partial charge >= 0.3 is 6.03 Å². The van der Waals surface area contributed by atoms with Crippen LogP contribution in [0.25, 0.3) is 0 Å². The first kappa shape index (κ1) is 14.8. The number of hydrogen-bond donors (Lipinski definition) is 2. The summed E-state index contributed by atoms with van der Waals surface area (Å²) >= 11 is 0. The molecular weight excluding hydrogens is 254 g/mol. The van der Waals surface area contributed by atoms with Gasteiger partial charge in [0.05, 0.1) is 6.10 Å². The lowest BCUT2D eigenvalue weighted by Gasteiger charge is -2.27. The van der Waals surface area contributed by atoms with E-state index in [1.807, 2.05) is 50.2 Å². The summed E-state index contributed by atoms with van der Waals surface area (Å²) in [6.45, 7) is 3.15. The SMILES string of the molecule is Cc1cccc(NC(=O)N2CC(O)CC2CN(C)C)c1.